The third-order valence-corrected chi connectivity index (χ3v) is 11.3. The first kappa shape index (κ1) is 53.3. The number of carboxylic acids is 1. The van der Waals surface area contributed by atoms with Gasteiger partial charge in [0.2, 0.25) is 41.5 Å². The fraction of sp³-hybridized carbons (Fsp3) is 0.659. The van der Waals surface area contributed by atoms with E-state index < -0.39 is 47.9 Å². The zero-order chi connectivity index (χ0) is 49.7. The fourth-order valence-corrected chi connectivity index (χ4v) is 7.51. The number of hydrogen-bond donors (Lipinski definition) is 7. The maximum absolute atomic E-state index is 14.1. The number of ether oxygens (including phenoxy) is 3. The van der Waals surface area contributed by atoms with Crippen LogP contribution in [0.15, 0.2) is 12.4 Å². The highest BCUT2D eigenvalue weighted by Gasteiger charge is 2.34. The Kier molecular flexibility index (Phi) is 21.2. The summed E-state index contributed by atoms with van der Waals surface area (Å²) in [6.07, 6.45) is 9.64. The van der Waals surface area contributed by atoms with Crippen LogP contribution in [0.5, 0.6) is 0 Å². The number of aromatic nitrogens is 9. The second-order valence-corrected chi connectivity index (χ2v) is 16.3. The third kappa shape index (κ3) is 16.5. The first-order valence-corrected chi connectivity index (χ1v) is 22.8. The molecule has 3 aromatic heterocycles. The van der Waals surface area contributed by atoms with Gasteiger partial charge in [0.1, 0.15) is 18.7 Å². The van der Waals surface area contributed by atoms with Crippen LogP contribution < -0.4 is 43.8 Å². The average molecular weight is 968 g/mol. The molecule has 2 aliphatic heterocycles. The van der Waals surface area contributed by atoms with E-state index >= 15 is 0 Å². The minimum Gasteiger partial charge on any atom is -0.481 e. The van der Waals surface area contributed by atoms with Crippen molar-refractivity contribution < 1.29 is 43.3 Å². The van der Waals surface area contributed by atoms with Gasteiger partial charge in [-0.1, -0.05) is 22.8 Å². The monoisotopic (exact) mass is 968 g/mol. The molecule has 4 amide bonds. The minimum atomic E-state index is -1.11. The molecular weight excluding hydrogens is 903 g/mol. The molecule has 0 saturated carbocycles. The molecule has 0 spiro atoms. The zero-order valence-electron chi connectivity index (χ0n) is 38.7. The van der Waals surface area contributed by atoms with Gasteiger partial charge in [-0.15, -0.1) is 16.6 Å². The van der Waals surface area contributed by atoms with Gasteiger partial charge in [-0.3, -0.25) is 24.0 Å². The van der Waals surface area contributed by atoms with Crippen LogP contribution in [0.4, 0.5) is 17.8 Å². The van der Waals surface area contributed by atoms with Crippen molar-refractivity contribution in [2.75, 3.05) is 120 Å². The van der Waals surface area contributed by atoms with Gasteiger partial charge in [0.15, 0.2) is 0 Å². The molecule has 4 unspecified atom stereocenters. The van der Waals surface area contributed by atoms with Crippen LogP contribution in [-0.2, 0) is 38.2 Å². The summed E-state index contributed by atoms with van der Waals surface area (Å²) in [5, 5.41) is 29.1. The number of terminal acetylenes is 1. The number of carbonyl (C=O) groups excluding carboxylic acids is 4. The SMILES string of the molecule is C#CCOCCOCCOCCNc1nc(N2CCN(C(=O)C(CCC(=O)O)n3cc(C(N)CCCCN)nn3)CC2)nc(N2CCN(C(=O)C(CC(N)=O)n3cc(C(N)CC(N)=O)nn3)CC2)n1. The fourth-order valence-electron chi connectivity index (χ4n) is 7.51. The normalized spacial score (nSPS) is 15.9. The van der Waals surface area contributed by atoms with Crippen LogP contribution in [0.3, 0.4) is 0 Å². The number of piperazine rings is 2. The summed E-state index contributed by atoms with van der Waals surface area (Å²) in [4.78, 5) is 84.5. The molecule has 0 radical (unpaired) electrons. The summed E-state index contributed by atoms with van der Waals surface area (Å²) in [6, 6.07) is -3.29. The second kappa shape index (κ2) is 27.4. The number of amides is 4. The van der Waals surface area contributed by atoms with E-state index in [0.717, 1.165) is 12.8 Å². The van der Waals surface area contributed by atoms with Crippen molar-refractivity contribution in [3.63, 3.8) is 0 Å². The molecule has 3 aromatic rings. The molecule has 28 heteroatoms. The van der Waals surface area contributed by atoms with Crippen molar-refractivity contribution in [1.82, 2.24) is 54.7 Å². The number of primary amides is 2. The van der Waals surface area contributed by atoms with E-state index in [4.69, 9.17) is 64.3 Å². The molecule has 5 heterocycles. The summed E-state index contributed by atoms with van der Waals surface area (Å²) in [5.74, 6) is 0.222. The highest BCUT2D eigenvalue weighted by molar-refractivity contribution is 5.86. The molecular formula is C41H65N19O9. The van der Waals surface area contributed by atoms with Gasteiger partial charge >= 0.3 is 5.97 Å². The number of hydrogen-bond acceptors (Lipinski definition) is 21. The lowest BCUT2D eigenvalue weighted by Crippen LogP contribution is -2.52. The van der Waals surface area contributed by atoms with Gasteiger partial charge in [-0.25, -0.2) is 9.36 Å². The number of anilines is 3. The van der Waals surface area contributed by atoms with E-state index in [9.17, 15) is 29.1 Å². The zero-order valence-corrected chi connectivity index (χ0v) is 38.7. The molecule has 0 aliphatic carbocycles. The molecule has 4 atom stereocenters. The van der Waals surface area contributed by atoms with E-state index in [2.05, 4.69) is 31.9 Å². The van der Waals surface area contributed by atoms with Crippen LogP contribution in [0.2, 0.25) is 0 Å². The predicted octanol–water partition coefficient (Wildman–Crippen LogP) is -3.33. The lowest BCUT2D eigenvalue weighted by Gasteiger charge is -2.38. The summed E-state index contributed by atoms with van der Waals surface area (Å²) in [5.41, 5.74) is 29.6. The van der Waals surface area contributed by atoms with Crippen molar-refractivity contribution in [3.8, 4) is 12.3 Å². The number of nitrogens with one attached hydrogen (secondary N) is 1. The second-order valence-electron chi connectivity index (χ2n) is 16.3. The Morgan fingerprint density at radius 2 is 1.22 bits per heavy atom. The number of nitrogens with two attached hydrogens (primary N) is 5. The average Bonchev–Trinajstić information content (AvgIpc) is 4.04. The summed E-state index contributed by atoms with van der Waals surface area (Å²) in [7, 11) is 0. The van der Waals surface area contributed by atoms with Crippen molar-refractivity contribution in [3.05, 3.63) is 23.8 Å². The lowest BCUT2D eigenvalue weighted by molar-refractivity contribution is -0.139. The van der Waals surface area contributed by atoms with Crippen LogP contribution >= 0.6 is 0 Å². The molecule has 0 bridgehead atoms. The smallest absolute Gasteiger partial charge is 0.303 e. The van der Waals surface area contributed by atoms with E-state index in [0.29, 0.717) is 96.3 Å². The van der Waals surface area contributed by atoms with Gasteiger partial charge in [-0.05, 0) is 25.8 Å². The van der Waals surface area contributed by atoms with Crippen LogP contribution in [0.25, 0.3) is 0 Å². The third-order valence-electron chi connectivity index (χ3n) is 11.3. The molecule has 2 saturated heterocycles. The van der Waals surface area contributed by atoms with Gasteiger partial charge in [0, 0.05) is 71.7 Å². The van der Waals surface area contributed by atoms with E-state index in [1.54, 1.807) is 16.0 Å². The summed E-state index contributed by atoms with van der Waals surface area (Å²) >= 11 is 0. The number of aliphatic carboxylic acids is 1. The molecule has 2 aliphatic rings. The largest absolute Gasteiger partial charge is 0.481 e. The summed E-state index contributed by atoms with van der Waals surface area (Å²) < 4.78 is 19.0. The predicted molar refractivity (Wildman–Crippen MR) is 247 cm³/mol. The highest BCUT2D eigenvalue weighted by atomic mass is 16.5. The molecule has 378 valence electrons. The Morgan fingerprint density at radius 1 is 0.696 bits per heavy atom. The van der Waals surface area contributed by atoms with Crippen molar-refractivity contribution in [1.29, 1.82) is 0 Å². The van der Waals surface area contributed by atoms with Gasteiger partial charge < -0.3 is 72.9 Å². The number of carboxylic acid groups (broad SMARTS) is 1. The van der Waals surface area contributed by atoms with Gasteiger partial charge in [0.05, 0.1) is 75.3 Å². The maximum atomic E-state index is 14.1. The van der Waals surface area contributed by atoms with Crippen molar-refractivity contribution in [2.24, 2.45) is 28.7 Å². The van der Waals surface area contributed by atoms with Crippen molar-refractivity contribution in [2.45, 2.75) is 69.1 Å². The highest BCUT2D eigenvalue weighted by Crippen LogP contribution is 2.25. The molecule has 0 aromatic carbocycles. The molecule has 12 N–H and O–H groups in total. The molecule has 28 nitrogen and oxygen atoms in total. The Bertz CT molecular complexity index is 2170. The quantitative estimate of drug-likeness (QED) is 0.0254. The van der Waals surface area contributed by atoms with E-state index in [1.165, 1.54) is 15.6 Å². The first-order valence-electron chi connectivity index (χ1n) is 22.8. The van der Waals surface area contributed by atoms with Crippen molar-refractivity contribution >= 4 is 47.4 Å². The number of rotatable bonds is 30. The molecule has 2 fully saturated rings. The minimum absolute atomic E-state index is 0.00343. The Balaban J connectivity index is 1.26. The van der Waals surface area contributed by atoms with Crippen LogP contribution in [0, 0.1) is 12.3 Å². The van der Waals surface area contributed by atoms with E-state index in [-0.39, 0.29) is 76.0 Å². The van der Waals surface area contributed by atoms with Crippen LogP contribution in [-0.4, -0.2) is 195 Å². The first-order chi connectivity index (χ1) is 33.3. The lowest BCUT2D eigenvalue weighted by atomic mass is 10.1. The summed E-state index contributed by atoms with van der Waals surface area (Å²) in [6.45, 7) is 5.18. The van der Waals surface area contributed by atoms with Crippen LogP contribution in [0.1, 0.15) is 80.5 Å². The van der Waals surface area contributed by atoms with E-state index in [1.807, 2.05) is 9.80 Å². The Labute approximate surface area is 398 Å². The van der Waals surface area contributed by atoms with Gasteiger partial charge in [-0.2, -0.15) is 15.0 Å². The topological polar surface area (TPSA) is 388 Å². The number of nitrogens with zero attached hydrogens (tertiary/aromatic N) is 13. The standard InChI is InChI=1S/C41H65N19O9/c1-2-18-67-20-22-69-23-21-68-19-9-47-39-48-40(57-14-10-55(11-15-57)37(65)32(6-7-36(63)64)59-26-30(51-53-59)28(43)5-3-4-8-42)50-41(49-39)58-16-12-56(13-17-58)38(66)33(25-35(46)62)60-27-31(52-54-60)29(44)24-34(45)61/h1,26-29,32-33H,3-25,42-44H2,(H2,45,61)(H2,46,62)(H,63,64)(H,47,48,49,50). The maximum Gasteiger partial charge on any atom is 0.303 e. The Hall–Kier alpha value is -6.64. The van der Waals surface area contributed by atoms with Gasteiger partial charge in [0.25, 0.3) is 0 Å². The Morgan fingerprint density at radius 3 is 1.75 bits per heavy atom. The number of unbranched alkanes of at least 4 members (excludes halogenated alkanes) is 1. The number of carbonyl (C=O) groups is 5. The molecule has 69 heavy (non-hydrogen) atoms. The molecule has 5 rings (SSSR count).